The highest BCUT2D eigenvalue weighted by Crippen LogP contribution is 2.33. The Morgan fingerprint density at radius 2 is 1.81 bits per heavy atom. The van der Waals surface area contributed by atoms with Crippen LogP contribution in [0.4, 0.5) is 0 Å². The summed E-state index contributed by atoms with van der Waals surface area (Å²) in [5.74, 6) is 0.107. The summed E-state index contributed by atoms with van der Waals surface area (Å²) in [5.41, 5.74) is 1.44. The van der Waals surface area contributed by atoms with Gasteiger partial charge in [-0.1, -0.05) is 18.2 Å². The molecule has 8 heteroatoms. The Morgan fingerprint density at radius 1 is 1.00 bits per heavy atom. The molecule has 1 unspecified atom stereocenters. The molecule has 162 valence electrons. The molecule has 3 aromatic rings. The SMILES string of the molecule is O=C(c1cccc(S(=O)(=O)N2CCCC2)c1)N1CCCC(c2nc3ccccc3s2)C1. The van der Waals surface area contributed by atoms with Gasteiger partial charge in [0, 0.05) is 37.7 Å². The van der Waals surface area contributed by atoms with E-state index in [1.54, 1.807) is 29.5 Å². The lowest BCUT2D eigenvalue weighted by Crippen LogP contribution is -2.39. The molecule has 2 aliphatic heterocycles. The second-order valence-corrected chi connectivity index (χ2v) is 11.2. The van der Waals surface area contributed by atoms with Crippen LogP contribution in [0.15, 0.2) is 53.4 Å². The van der Waals surface area contributed by atoms with Crippen molar-refractivity contribution in [1.29, 1.82) is 0 Å². The normalized spacial score (nSPS) is 20.4. The van der Waals surface area contributed by atoms with E-state index in [2.05, 4.69) is 6.07 Å². The number of amides is 1. The van der Waals surface area contributed by atoms with Crippen LogP contribution in [-0.2, 0) is 10.0 Å². The standard InChI is InChI=1S/C23H25N3O3S2/c27-23(17-7-5-9-19(15-17)31(28,29)26-13-3-4-14-26)25-12-6-8-18(16-25)22-24-20-10-1-2-11-21(20)30-22/h1-2,5,7,9-11,15,18H,3-4,6,8,12-14,16H2. The van der Waals surface area contributed by atoms with Crippen LogP contribution in [0.25, 0.3) is 10.2 Å². The van der Waals surface area contributed by atoms with Gasteiger partial charge in [-0.15, -0.1) is 11.3 Å². The van der Waals surface area contributed by atoms with E-state index >= 15 is 0 Å². The van der Waals surface area contributed by atoms with E-state index in [1.165, 1.54) is 15.1 Å². The molecule has 0 spiro atoms. The zero-order valence-corrected chi connectivity index (χ0v) is 18.9. The highest BCUT2D eigenvalue weighted by molar-refractivity contribution is 7.89. The highest BCUT2D eigenvalue weighted by Gasteiger charge is 2.30. The van der Waals surface area contributed by atoms with Gasteiger partial charge in [-0.3, -0.25) is 4.79 Å². The van der Waals surface area contributed by atoms with Gasteiger partial charge < -0.3 is 4.90 Å². The average molecular weight is 456 g/mol. The molecule has 3 heterocycles. The first-order chi connectivity index (χ1) is 15.0. The predicted octanol–water partition coefficient (Wildman–Crippen LogP) is 4.10. The number of carbonyl (C=O) groups is 1. The number of para-hydroxylation sites is 1. The second kappa shape index (κ2) is 8.33. The van der Waals surface area contributed by atoms with Crippen molar-refractivity contribution in [2.45, 2.75) is 36.5 Å². The maximum Gasteiger partial charge on any atom is 0.253 e. The Labute approximate surface area is 186 Å². The molecular weight excluding hydrogens is 430 g/mol. The van der Waals surface area contributed by atoms with Crippen LogP contribution in [0, 0.1) is 0 Å². The maximum atomic E-state index is 13.2. The smallest absolute Gasteiger partial charge is 0.253 e. The summed E-state index contributed by atoms with van der Waals surface area (Å²) < 4.78 is 28.5. The minimum atomic E-state index is -3.54. The number of rotatable bonds is 4. The Morgan fingerprint density at radius 3 is 2.61 bits per heavy atom. The first-order valence-electron chi connectivity index (χ1n) is 10.8. The summed E-state index contributed by atoms with van der Waals surface area (Å²) >= 11 is 1.70. The van der Waals surface area contributed by atoms with Crippen molar-refractivity contribution < 1.29 is 13.2 Å². The van der Waals surface area contributed by atoms with E-state index < -0.39 is 10.0 Å². The van der Waals surface area contributed by atoms with Crippen molar-refractivity contribution in [3.05, 3.63) is 59.1 Å². The van der Waals surface area contributed by atoms with E-state index in [9.17, 15) is 13.2 Å². The molecule has 1 aromatic heterocycles. The first kappa shape index (κ1) is 20.6. The molecule has 2 fully saturated rings. The number of carbonyl (C=O) groups excluding carboxylic acids is 1. The fourth-order valence-corrected chi connectivity index (χ4v) is 7.13. The summed E-state index contributed by atoms with van der Waals surface area (Å²) in [6, 6.07) is 14.6. The number of thiazole rings is 1. The molecule has 2 aliphatic rings. The van der Waals surface area contributed by atoms with Crippen LogP contribution in [-0.4, -0.2) is 54.7 Å². The van der Waals surface area contributed by atoms with Crippen LogP contribution in [0.5, 0.6) is 0 Å². The third kappa shape index (κ3) is 4.00. The molecule has 0 radical (unpaired) electrons. The molecule has 6 nitrogen and oxygen atoms in total. The van der Waals surface area contributed by atoms with Crippen molar-refractivity contribution >= 4 is 37.5 Å². The van der Waals surface area contributed by atoms with E-state index in [-0.39, 0.29) is 16.7 Å². The highest BCUT2D eigenvalue weighted by atomic mass is 32.2. The molecule has 5 rings (SSSR count). The summed E-state index contributed by atoms with van der Waals surface area (Å²) in [5, 5.41) is 1.07. The van der Waals surface area contributed by atoms with Crippen molar-refractivity contribution in [1.82, 2.24) is 14.2 Å². The molecule has 2 aromatic carbocycles. The maximum absolute atomic E-state index is 13.2. The van der Waals surface area contributed by atoms with Gasteiger partial charge in [-0.05, 0) is 56.0 Å². The van der Waals surface area contributed by atoms with Gasteiger partial charge in [0.1, 0.15) is 0 Å². The largest absolute Gasteiger partial charge is 0.338 e. The molecule has 0 aliphatic carbocycles. The van der Waals surface area contributed by atoms with E-state index in [0.29, 0.717) is 31.7 Å². The number of aromatic nitrogens is 1. The molecule has 31 heavy (non-hydrogen) atoms. The number of sulfonamides is 1. The Bertz CT molecular complexity index is 1180. The summed E-state index contributed by atoms with van der Waals surface area (Å²) in [4.78, 5) is 20.1. The van der Waals surface area contributed by atoms with Crippen LogP contribution >= 0.6 is 11.3 Å². The minimum Gasteiger partial charge on any atom is -0.338 e. The summed E-state index contributed by atoms with van der Waals surface area (Å²) in [6.45, 7) is 2.40. The average Bonchev–Trinajstić information content (AvgIpc) is 3.49. The van der Waals surface area contributed by atoms with Crippen LogP contribution in [0.1, 0.15) is 47.0 Å². The van der Waals surface area contributed by atoms with E-state index in [0.717, 1.165) is 36.2 Å². The minimum absolute atomic E-state index is 0.107. The van der Waals surface area contributed by atoms with Gasteiger partial charge in [0.15, 0.2) is 0 Å². The van der Waals surface area contributed by atoms with Gasteiger partial charge in [0.2, 0.25) is 10.0 Å². The number of hydrogen-bond acceptors (Lipinski definition) is 5. The number of nitrogens with zero attached hydrogens (tertiary/aromatic N) is 3. The number of piperidine rings is 1. The van der Waals surface area contributed by atoms with Crippen LogP contribution in [0.3, 0.4) is 0 Å². The Hall–Kier alpha value is -2.29. The number of benzene rings is 2. The topological polar surface area (TPSA) is 70.6 Å². The monoisotopic (exact) mass is 455 g/mol. The molecule has 0 N–H and O–H groups in total. The van der Waals surface area contributed by atoms with Gasteiger partial charge >= 0.3 is 0 Å². The quantitative estimate of drug-likeness (QED) is 0.594. The molecule has 1 amide bonds. The molecule has 0 saturated carbocycles. The van der Waals surface area contributed by atoms with Gasteiger partial charge in [0.05, 0.1) is 20.1 Å². The summed E-state index contributed by atoms with van der Waals surface area (Å²) in [7, 11) is -3.54. The molecule has 0 bridgehead atoms. The second-order valence-electron chi connectivity index (χ2n) is 8.25. The predicted molar refractivity (Wildman–Crippen MR) is 122 cm³/mol. The van der Waals surface area contributed by atoms with Gasteiger partial charge in [-0.25, -0.2) is 13.4 Å². The molecular formula is C23H25N3O3S2. The summed E-state index contributed by atoms with van der Waals surface area (Å²) in [6.07, 6.45) is 3.70. The van der Waals surface area contributed by atoms with Gasteiger partial charge in [-0.2, -0.15) is 4.31 Å². The molecule has 1 atom stereocenters. The van der Waals surface area contributed by atoms with E-state index in [4.69, 9.17) is 4.98 Å². The van der Waals surface area contributed by atoms with Crippen LogP contribution < -0.4 is 0 Å². The van der Waals surface area contributed by atoms with Gasteiger partial charge in [0.25, 0.3) is 5.91 Å². The number of fused-ring (bicyclic) bond motifs is 1. The zero-order valence-electron chi connectivity index (χ0n) is 17.2. The third-order valence-corrected chi connectivity index (χ3v) is 9.25. The fraction of sp³-hybridized carbons (Fsp3) is 0.391. The number of hydrogen-bond donors (Lipinski definition) is 0. The Kier molecular flexibility index (Phi) is 5.54. The van der Waals surface area contributed by atoms with Crippen LogP contribution in [0.2, 0.25) is 0 Å². The lowest BCUT2D eigenvalue weighted by molar-refractivity contribution is 0.0707. The Balaban J connectivity index is 1.36. The number of likely N-dealkylation sites (tertiary alicyclic amines) is 1. The first-order valence-corrected chi connectivity index (χ1v) is 13.0. The third-order valence-electron chi connectivity index (χ3n) is 6.15. The fourth-order valence-electron chi connectivity index (χ4n) is 4.48. The molecule has 2 saturated heterocycles. The van der Waals surface area contributed by atoms with Crippen molar-refractivity contribution in [2.75, 3.05) is 26.2 Å². The lowest BCUT2D eigenvalue weighted by Gasteiger charge is -2.32. The van der Waals surface area contributed by atoms with Crippen molar-refractivity contribution in [3.8, 4) is 0 Å². The lowest BCUT2D eigenvalue weighted by atomic mass is 9.98. The zero-order chi connectivity index (χ0) is 21.4. The van der Waals surface area contributed by atoms with E-state index in [1.807, 2.05) is 23.1 Å². The van der Waals surface area contributed by atoms with Crippen molar-refractivity contribution in [3.63, 3.8) is 0 Å². The van der Waals surface area contributed by atoms with Crippen molar-refractivity contribution in [2.24, 2.45) is 0 Å².